The predicted octanol–water partition coefficient (Wildman–Crippen LogP) is 3.14. The van der Waals surface area contributed by atoms with Crippen LogP contribution < -0.4 is 4.74 Å². The normalized spacial score (nSPS) is 17.0. The number of halogens is 1. The molecule has 170 valence electrons. The van der Waals surface area contributed by atoms with E-state index in [0.717, 1.165) is 19.5 Å². The van der Waals surface area contributed by atoms with Crippen LogP contribution in [0.3, 0.4) is 0 Å². The van der Waals surface area contributed by atoms with Gasteiger partial charge in [-0.2, -0.15) is 4.39 Å². The van der Waals surface area contributed by atoms with Crippen LogP contribution in [0.5, 0.6) is 5.75 Å². The highest BCUT2D eigenvalue weighted by molar-refractivity contribution is 5.98. The first-order valence-electron chi connectivity index (χ1n) is 11.2. The molecule has 0 saturated carbocycles. The van der Waals surface area contributed by atoms with E-state index in [1.807, 2.05) is 6.07 Å². The average Bonchev–Trinajstić information content (AvgIpc) is 2.97. The number of rotatable bonds is 5. The second-order valence-electron chi connectivity index (χ2n) is 8.56. The number of carbonyl (C=O) groups is 1. The number of aliphatic hydroxyl groups is 1. The van der Waals surface area contributed by atoms with Crippen LogP contribution in [0.15, 0.2) is 60.7 Å². The molecule has 0 radical (unpaired) electrons. The summed E-state index contributed by atoms with van der Waals surface area (Å²) in [5, 5.41) is 10.8. The molecule has 3 heterocycles. The van der Waals surface area contributed by atoms with Crippen LogP contribution in [-0.2, 0) is 13.0 Å². The highest BCUT2D eigenvalue weighted by atomic mass is 19.1. The van der Waals surface area contributed by atoms with Crippen LogP contribution in [0, 0.1) is 5.95 Å². The van der Waals surface area contributed by atoms with Gasteiger partial charge in [0.25, 0.3) is 5.91 Å². The van der Waals surface area contributed by atoms with Gasteiger partial charge >= 0.3 is 0 Å². The molecule has 0 aliphatic carbocycles. The first-order chi connectivity index (χ1) is 16.1. The number of nitrogens with zero attached hydrogens (tertiary/aromatic N) is 3. The number of amides is 1. The van der Waals surface area contributed by atoms with Gasteiger partial charge in [-0.25, -0.2) is 4.98 Å². The number of fused-ring (bicyclic) bond motifs is 2. The maximum absolute atomic E-state index is 13.5. The predicted molar refractivity (Wildman–Crippen MR) is 122 cm³/mol. The second kappa shape index (κ2) is 9.29. The molecular weight excluding hydrogens is 421 g/mol. The van der Waals surface area contributed by atoms with Crippen LogP contribution in [0.1, 0.15) is 21.5 Å². The Balaban J connectivity index is 1.26. The number of hydrogen-bond donors (Lipinski definition) is 1. The van der Waals surface area contributed by atoms with Crippen molar-refractivity contribution in [2.75, 3.05) is 32.8 Å². The maximum atomic E-state index is 13.5. The summed E-state index contributed by atoms with van der Waals surface area (Å²) in [4.78, 5) is 21.0. The van der Waals surface area contributed by atoms with Crippen LogP contribution in [0.2, 0.25) is 0 Å². The van der Waals surface area contributed by atoms with Gasteiger partial charge in [-0.3, -0.25) is 9.69 Å². The second-order valence-corrected chi connectivity index (χ2v) is 8.56. The molecule has 33 heavy (non-hydrogen) atoms. The summed E-state index contributed by atoms with van der Waals surface area (Å²) in [6.07, 6.45) is 0.312. The van der Waals surface area contributed by atoms with Crippen molar-refractivity contribution in [3.63, 3.8) is 0 Å². The minimum Gasteiger partial charge on any atom is -0.491 e. The van der Waals surface area contributed by atoms with E-state index in [9.17, 15) is 14.3 Å². The van der Waals surface area contributed by atoms with Crippen molar-refractivity contribution in [2.45, 2.75) is 19.1 Å². The standard InChI is InChI=1S/C26H26FN3O3/c27-25-7-3-6-23(28-25)19-8-9-22-24(14-19)33-13-12-30(26(22)32)17-21(31)16-29-11-10-18-4-1-2-5-20(18)15-29/h1-9,14,21,31H,10-13,15-17H2/t21-/m1/s1. The number of pyridine rings is 1. The van der Waals surface area contributed by atoms with E-state index in [4.69, 9.17) is 4.74 Å². The lowest BCUT2D eigenvalue weighted by Crippen LogP contribution is -2.44. The smallest absolute Gasteiger partial charge is 0.257 e. The summed E-state index contributed by atoms with van der Waals surface area (Å²) >= 11 is 0. The Bertz CT molecular complexity index is 1170. The minimum atomic E-state index is -0.656. The van der Waals surface area contributed by atoms with Crippen LogP contribution in [-0.4, -0.2) is 64.7 Å². The third-order valence-corrected chi connectivity index (χ3v) is 6.24. The number of benzene rings is 2. The molecule has 7 heteroatoms. The summed E-state index contributed by atoms with van der Waals surface area (Å²) in [6.45, 7) is 3.17. The number of aliphatic hydroxyl groups excluding tert-OH is 1. The molecular formula is C26H26FN3O3. The minimum absolute atomic E-state index is 0.177. The molecule has 5 rings (SSSR count). The maximum Gasteiger partial charge on any atom is 0.257 e. The number of hydrogen-bond acceptors (Lipinski definition) is 5. The summed E-state index contributed by atoms with van der Waals surface area (Å²) < 4.78 is 19.3. The first-order valence-corrected chi connectivity index (χ1v) is 11.2. The molecule has 0 spiro atoms. The van der Waals surface area contributed by atoms with E-state index in [1.165, 1.54) is 17.2 Å². The van der Waals surface area contributed by atoms with Gasteiger partial charge < -0.3 is 14.7 Å². The van der Waals surface area contributed by atoms with Crippen molar-refractivity contribution in [2.24, 2.45) is 0 Å². The molecule has 0 bridgehead atoms. The van der Waals surface area contributed by atoms with Gasteiger partial charge in [0.15, 0.2) is 0 Å². The van der Waals surface area contributed by atoms with Gasteiger partial charge in [-0.05, 0) is 41.8 Å². The largest absolute Gasteiger partial charge is 0.491 e. The highest BCUT2D eigenvalue weighted by Crippen LogP contribution is 2.29. The molecule has 1 atom stereocenters. The van der Waals surface area contributed by atoms with Gasteiger partial charge in [0, 0.05) is 31.7 Å². The van der Waals surface area contributed by atoms with Crippen LogP contribution >= 0.6 is 0 Å². The lowest BCUT2D eigenvalue weighted by atomic mass is 10.00. The van der Waals surface area contributed by atoms with Crippen molar-refractivity contribution in [3.05, 3.63) is 83.3 Å². The molecule has 6 nitrogen and oxygen atoms in total. The van der Waals surface area contributed by atoms with Crippen LogP contribution in [0.25, 0.3) is 11.3 Å². The Hall–Kier alpha value is -3.29. The quantitative estimate of drug-likeness (QED) is 0.609. The van der Waals surface area contributed by atoms with Gasteiger partial charge in [0.2, 0.25) is 5.95 Å². The zero-order valence-electron chi connectivity index (χ0n) is 18.3. The van der Waals surface area contributed by atoms with Gasteiger partial charge in [-0.1, -0.05) is 36.4 Å². The van der Waals surface area contributed by atoms with Gasteiger partial charge in [-0.15, -0.1) is 0 Å². The molecule has 2 aromatic carbocycles. The average molecular weight is 448 g/mol. The molecule has 0 saturated heterocycles. The van der Waals surface area contributed by atoms with Crippen molar-refractivity contribution < 1.29 is 19.0 Å². The molecule has 1 aromatic heterocycles. The summed E-state index contributed by atoms with van der Waals surface area (Å²) in [5.74, 6) is -0.283. The lowest BCUT2D eigenvalue weighted by molar-refractivity contribution is 0.0501. The van der Waals surface area contributed by atoms with E-state index in [2.05, 4.69) is 28.1 Å². The fourth-order valence-electron chi connectivity index (χ4n) is 4.58. The van der Waals surface area contributed by atoms with Gasteiger partial charge in [0.05, 0.1) is 23.9 Å². The van der Waals surface area contributed by atoms with Crippen molar-refractivity contribution in [3.8, 4) is 17.0 Å². The molecule has 2 aliphatic rings. The Morgan fingerprint density at radius 2 is 1.88 bits per heavy atom. The van der Waals surface area contributed by atoms with Gasteiger partial charge in [0.1, 0.15) is 12.4 Å². The van der Waals surface area contributed by atoms with Crippen molar-refractivity contribution in [1.82, 2.24) is 14.8 Å². The molecule has 2 aliphatic heterocycles. The molecule has 0 fully saturated rings. The van der Waals surface area contributed by atoms with E-state index in [-0.39, 0.29) is 12.5 Å². The van der Waals surface area contributed by atoms with Crippen LogP contribution in [0.4, 0.5) is 4.39 Å². The summed E-state index contributed by atoms with van der Waals surface area (Å²) in [5.41, 5.74) is 4.26. The fourth-order valence-corrected chi connectivity index (χ4v) is 4.58. The topological polar surface area (TPSA) is 65.9 Å². The monoisotopic (exact) mass is 447 g/mol. The number of carbonyl (C=O) groups excluding carboxylic acids is 1. The zero-order chi connectivity index (χ0) is 22.8. The highest BCUT2D eigenvalue weighted by Gasteiger charge is 2.27. The fraction of sp³-hybridized carbons (Fsp3) is 0.308. The lowest BCUT2D eigenvalue weighted by Gasteiger charge is -2.32. The summed E-state index contributed by atoms with van der Waals surface area (Å²) in [7, 11) is 0. The van der Waals surface area contributed by atoms with E-state index < -0.39 is 12.1 Å². The van der Waals surface area contributed by atoms with Crippen molar-refractivity contribution >= 4 is 5.91 Å². The molecule has 0 unspecified atom stereocenters. The van der Waals surface area contributed by atoms with Crippen molar-refractivity contribution in [1.29, 1.82) is 0 Å². The number of β-amino-alcohol motifs (C(OH)–C–C–N with tert-alkyl or cyclic N) is 1. The van der Waals surface area contributed by atoms with E-state index in [0.29, 0.717) is 42.3 Å². The Morgan fingerprint density at radius 1 is 1.03 bits per heavy atom. The van der Waals surface area contributed by atoms with E-state index in [1.54, 1.807) is 35.2 Å². The number of ether oxygens (including phenoxy) is 1. The molecule has 3 aromatic rings. The molecule has 1 amide bonds. The third kappa shape index (κ3) is 4.74. The summed E-state index contributed by atoms with van der Waals surface area (Å²) in [6, 6.07) is 18.1. The Labute approximate surface area is 192 Å². The number of aromatic nitrogens is 1. The Kier molecular flexibility index (Phi) is 6.07. The van der Waals surface area contributed by atoms with E-state index >= 15 is 0 Å². The zero-order valence-corrected chi connectivity index (χ0v) is 18.3. The Morgan fingerprint density at radius 3 is 2.73 bits per heavy atom. The third-order valence-electron chi connectivity index (χ3n) is 6.24. The SMILES string of the molecule is O=C1c2ccc(-c3cccc(F)n3)cc2OCCN1C[C@H](O)CN1CCc2ccccc2C1. The first kappa shape index (κ1) is 21.6. The molecule has 1 N–H and O–H groups in total.